The fourth-order valence-electron chi connectivity index (χ4n) is 2.93. The lowest BCUT2D eigenvalue weighted by Gasteiger charge is -2.27. The molecule has 1 saturated carbocycles. The van der Waals surface area contributed by atoms with Crippen molar-refractivity contribution in [1.82, 2.24) is 5.32 Å². The first-order valence-electron chi connectivity index (χ1n) is 7.42. The van der Waals surface area contributed by atoms with E-state index >= 15 is 0 Å². The zero-order valence-electron chi connectivity index (χ0n) is 12.0. The minimum Gasteiger partial charge on any atom is -0.399 e. The summed E-state index contributed by atoms with van der Waals surface area (Å²) in [4.78, 5) is 12.1. The lowest BCUT2D eigenvalue weighted by molar-refractivity contribution is 0.0941. The van der Waals surface area contributed by atoms with E-state index in [4.69, 9.17) is 17.3 Å². The van der Waals surface area contributed by atoms with Crippen LogP contribution in [0.25, 0.3) is 0 Å². The van der Waals surface area contributed by atoms with E-state index in [1.54, 1.807) is 18.2 Å². The SMILES string of the molecule is CCC1CCC(CNC(=O)c2cc(N)cc(Cl)c2)CC1. The lowest BCUT2D eigenvalue weighted by atomic mass is 9.81. The van der Waals surface area contributed by atoms with Crippen molar-refractivity contribution in [3.05, 3.63) is 28.8 Å². The van der Waals surface area contributed by atoms with E-state index in [0.29, 0.717) is 22.2 Å². The third-order valence-electron chi connectivity index (χ3n) is 4.28. The molecule has 1 aromatic carbocycles. The molecule has 0 radical (unpaired) electrons. The maximum absolute atomic E-state index is 12.1. The molecule has 0 heterocycles. The summed E-state index contributed by atoms with van der Waals surface area (Å²) in [7, 11) is 0. The van der Waals surface area contributed by atoms with Gasteiger partial charge in [-0.2, -0.15) is 0 Å². The van der Waals surface area contributed by atoms with Gasteiger partial charge in [0.25, 0.3) is 5.91 Å². The highest BCUT2D eigenvalue weighted by Crippen LogP contribution is 2.30. The number of benzene rings is 1. The number of rotatable bonds is 4. The van der Waals surface area contributed by atoms with Gasteiger partial charge in [0.2, 0.25) is 0 Å². The molecular formula is C16H23ClN2O. The van der Waals surface area contributed by atoms with Gasteiger partial charge in [0, 0.05) is 22.8 Å². The van der Waals surface area contributed by atoms with E-state index in [1.807, 2.05) is 0 Å². The molecule has 0 spiro atoms. The van der Waals surface area contributed by atoms with Crippen molar-refractivity contribution in [3.63, 3.8) is 0 Å². The van der Waals surface area contributed by atoms with Gasteiger partial charge < -0.3 is 11.1 Å². The van der Waals surface area contributed by atoms with E-state index in [9.17, 15) is 4.79 Å². The molecule has 0 bridgehead atoms. The van der Waals surface area contributed by atoms with E-state index < -0.39 is 0 Å². The maximum atomic E-state index is 12.1. The Hall–Kier alpha value is -1.22. The van der Waals surface area contributed by atoms with Crippen LogP contribution in [0.5, 0.6) is 0 Å². The van der Waals surface area contributed by atoms with Gasteiger partial charge >= 0.3 is 0 Å². The smallest absolute Gasteiger partial charge is 0.251 e. The summed E-state index contributed by atoms with van der Waals surface area (Å²) in [5.74, 6) is 1.41. The van der Waals surface area contributed by atoms with Gasteiger partial charge in [-0.25, -0.2) is 0 Å². The summed E-state index contributed by atoms with van der Waals surface area (Å²) in [5, 5.41) is 3.50. The lowest BCUT2D eigenvalue weighted by Crippen LogP contribution is -2.31. The Morgan fingerprint density at radius 1 is 1.25 bits per heavy atom. The number of hydrogen-bond acceptors (Lipinski definition) is 2. The molecule has 3 nitrogen and oxygen atoms in total. The normalized spacial score (nSPS) is 22.5. The van der Waals surface area contributed by atoms with Crippen molar-refractivity contribution < 1.29 is 4.79 Å². The number of nitrogen functional groups attached to an aromatic ring is 1. The van der Waals surface area contributed by atoms with Crippen LogP contribution < -0.4 is 11.1 Å². The Bertz CT molecular complexity index is 447. The Balaban J connectivity index is 1.83. The van der Waals surface area contributed by atoms with Crippen LogP contribution >= 0.6 is 11.6 Å². The third kappa shape index (κ3) is 4.14. The van der Waals surface area contributed by atoms with Gasteiger partial charge in [-0.05, 0) is 42.9 Å². The first kappa shape index (κ1) is 15.2. The van der Waals surface area contributed by atoms with Crippen LogP contribution in [0.1, 0.15) is 49.4 Å². The van der Waals surface area contributed by atoms with E-state index in [0.717, 1.165) is 12.5 Å². The molecule has 3 N–H and O–H groups in total. The van der Waals surface area contributed by atoms with Crippen LogP contribution in [-0.2, 0) is 0 Å². The van der Waals surface area contributed by atoms with Gasteiger partial charge in [0.1, 0.15) is 0 Å². The second-order valence-electron chi connectivity index (χ2n) is 5.78. The Morgan fingerprint density at radius 3 is 2.50 bits per heavy atom. The molecule has 20 heavy (non-hydrogen) atoms. The molecule has 1 aliphatic rings. The van der Waals surface area contributed by atoms with Crippen LogP contribution in [-0.4, -0.2) is 12.5 Å². The number of nitrogens with two attached hydrogens (primary N) is 1. The van der Waals surface area contributed by atoms with Gasteiger partial charge in [-0.15, -0.1) is 0 Å². The number of halogens is 1. The number of carbonyl (C=O) groups excluding carboxylic acids is 1. The van der Waals surface area contributed by atoms with Gasteiger partial charge in [-0.3, -0.25) is 4.79 Å². The second kappa shape index (κ2) is 6.98. The van der Waals surface area contributed by atoms with Crippen molar-refractivity contribution in [3.8, 4) is 0 Å². The summed E-state index contributed by atoms with van der Waals surface area (Å²) in [6.45, 7) is 3.01. The molecule has 110 valence electrons. The van der Waals surface area contributed by atoms with Crippen LogP contribution in [0.2, 0.25) is 5.02 Å². The zero-order valence-corrected chi connectivity index (χ0v) is 12.7. The fourth-order valence-corrected chi connectivity index (χ4v) is 3.17. The second-order valence-corrected chi connectivity index (χ2v) is 6.21. The molecule has 2 rings (SSSR count). The molecule has 1 amide bonds. The average molecular weight is 295 g/mol. The number of carbonyl (C=O) groups is 1. The molecule has 0 unspecified atom stereocenters. The molecule has 1 aliphatic carbocycles. The topological polar surface area (TPSA) is 55.1 Å². The van der Waals surface area contributed by atoms with E-state index in [2.05, 4.69) is 12.2 Å². The Labute approximate surface area is 125 Å². The summed E-state index contributed by atoms with van der Waals surface area (Å²) < 4.78 is 0. The number of amides is 1. The summed E-state index contributed by atoms with van der Waals surface area (Å²) in [6, 6.07) is 4.96. The Morgan fingerprint density at radius 2 is 1.90 bits per heavy atom. The van der Waals surface area contributed by atoms with Crippen molar-refractivity contribution in [2.45, 2.75) is 39.0 Å². The molecule has 1 aromatic rings. The van der Waals surface area contributed by atoms with Crippen LogP contribution in [0, 0.1) is 11.8 Å². The predicted octanol–water partition coefficient (Wildman–Crippen LogP) is 3.87. The predicted molar refractivity (Wildman–Crippen MR) is 83.9 cm³/mol. The first-order chi connectivity index (χ1) is 9.58. The summed E-state index contributed by atoms with van der Waals surface area (Å²) in [6.07, 6.45) is 6.30. The van der Waals surface area contributed by atoms with Crippen LogP contribution in [0.15, 0.2) is 18.2 Å². The minimum atomic E-state index is -0.0863. The van der Waals surface area contributed by atoms with Crippen molar-refractivity contribution >= 4 is 23.2 Å². The van der Waals surface area contributed by atoms with Crippen LogP contribution in [0.3, 0.4) is 0 Å². The molecule has 0 saturated heterocycles. The molecule has 4 heteroatoms. The summed E-state index contributed by atoms with van der Waals surface area (Å²) in [5.41, 5.74) is 6.76. The molecular weight excluding hydrogens is 272 g/mol. The highest BCUT2D eigenvalue weighted by molar-refractivity contribution is 6.31. The highest BCUT2D eigenvalue weighted by atomic mass is 35.5. The van der Waals surface area contributed by atoms with Crippen molar-refractivity contribution in [2.24, 2.45) is 11.8 Å². The minimum absolute atomic E-state index is 0.0863. The number of nitrogens with one attached hydrogen (secondary N) is 1. The molecule has 0 aromatic heterocycles. The fraction of sp³-hybridized carbons (Fsp3) is 0.562. The zero-order chi connectivity index (χ0) is 14.5. The average Bonchev–Trinajstić information content (AvgIpc) is 2.44. The van der Waals surface area contributed by atoms with E-state index in [1.165, 1.54) is 32.1 Å². The monoisotopic (exact) mass is 294 g/mol. The van der Waals surface area contributed by atoms with Crippen LogP contribution in [0.4, 0.5) is 5.69 Å². The Kier molecular flexibility index (Phi) is 5.30. The highest BCUT2D eigenvalue weighted by Gasteiger charge is 2.20. The third-order valence-corrected chi connectivity index (χ3v) is 4.50. The quantitative estimate of drug-likeness (QED) is 0.828. The standard InChI is InChI=1S/C16H23ClN2O/c1-2-11-3-5-12(6-4-11)10-19-16(20)13-7-14(17)9-15(18)8-13/h7-9,11-12H,2-6,10,18H2,1H3,(H,19,20). The van der Waals surface area contributed by atoms with Crippen molar-refractivity contribution in [1.29, 1.82) is 0 Å². The maximum Gasteiger partial charge on any atom is 0.251 e. The largest absolute Gasteiger partial charge is 0.399 e. The van der Waals surface area contributed by atoms with Gasteiger partial charge in [-0.1, -0.05) is 37.8 Å². The molecule has 0 aliphatic heterocycles. The first-order valence-corrected chi connectivity index (χ1v) is 7.80. The molecule has 1 fully saturated rings. The number of hydrogen-bond donors (Lipinski definition) is 2. The van der Waals surface area contributed by atoms with Gasteiger partial charge in [0.15, 0.2) is 0 Å². The van der Waals surface area contributed by atoms with E-state index in [-0.39, 0.29) is 5.91 Å². The van der Waals surface area contributed by atoms with Crippen molar-refractivity contribution in [2.75, 3.05) is 12.3 Å². The number of anilines is 1. The summed E-state index contributed by atoms with van der Waals surface area (Å²) >= 11 is 5.92. The van der Waals surface area contributed by atoms with Gasteiger partial charge in [0.05, 0.1) is 0 Å². The molecule has 0 atom stereocenters.